The SMILES string of the molecule is CCCOc1cc(CC(CN)c2ccc(OC)c(C)c2)ccc1OC. The molecular weight excluding hydrogens is 314 g/mol. The Balaban J connectivity index is 2.22. The number of methoxy groups -OCH3 is 2. The third-order valence-electron chi connectivity index (χ3n) is 4.35. The van der Waals surface area contributed by atoms with E-state index in [0.717, 1.165) is 35.7 Å². The van der Waals surface area contributed by atoms with Crippen LogP contribution in [0.2, 0.25) is 0 Å². The van der Waals surface area contributed by atoms with Gasteiger partial charge in [0.15, 0.2) is 11.5 Å². The van der Waals surface area contributed by atoms with Crippen molar-refractivity contribution in [2.24, 2.45) is 5.73 Å². The van der Waals surface area contributed by atoms with Gasteiger partial charge in [-0.25, -0.2) is 0 Å². The Hall–Kier alpha value is -2.20. The highest BCUT2D eigenvalue weighted by atomic mass is 16.5. The number of aryl methyl sites for hydroxylation is 1. The first-order chi connectivity index (χ1) is 12.1. The Morgan fingerprint density at radius 1 is 0.960 bits per heavy atom. The summed E-state index contributed by atoms with van der Waals surface area (Å²) >= 11 is 0. The van der Waals surface area contributed by atoms with Gasteiger partial charge in [-0.2, -0.15) is 0 Å². The Bertz CT molecular complexity index is 685. The lowest BCUT2D eigenvalue weighted by molar-refractivity contribution is 0.294. The third kappa shape index (κ3) is 4.89. The summed E-state index contributed by atoms with van der Waals surface area (Å²) in [7, 11) is 3.36. The number of hydrogen-bond donors (Lipinski definition) is 1. The molecule has 4 nitrogen and oxygen atoms in total. The van der Waals surface area contributed by atoms with E-state index in [1.165, 1.54) is 11.1 Å². The molecule has 0 spiro atoms. The van der Waals surface area contributed by atoms with Crippen molar-refractivity contribution in [2.75, 3.05) is 27.4 Å². The molecule has 0 aliphatic carbocycles. The van der Waals surface area contributed by atoms with Crippen molar-refractivity contribution in [3.63, 3.8) is 0 Å². The van der Waals surface area contributed by atoms with E-state index in [2.05, 4.69) is 38.1 Å². The van der Waals surface area contributed by atoms with E-state index in [-0.39, 0.29) is 5.92 Å². The Kier molecular flexibility index (Phi) is 7.14. The van der Waals surface area contributed by atoms with Crippen LogP contribution in [0.5, 0.6) is 17.2 Å². The first-order valence-corrected chi connectivity index (χ1v) is 8.77. The summed E-state index contributed by atoms with van der Waals surface area (Å²) in [6, 6.07) is 12.4. The molecular formula is C21H29NO3. The van der Waals surface area contributed by atoms with Crippen LogP contribution < -0.4 is 19.9 Å². The summed E-state index contributed by atoms with van der Waals surface area (Å²) < 4.78 is 16.6. The second-order valence-electron chi connectivity index (χ2n) is 6.20. The van der Waals surface area contributed by atoms with Crippen molar-refractivity contribution in [1.82, 2.24) is 0 Å². The van der Waals surface area contributed by atoms with Gasteiger partial charge in [-0.1, -0.05) is 25.1 Å². The van der Waals surface area contributed by atoms with E-state index >= 15 is 0 Å². The van der Waals surface area contributed by atoms with Crippen LogP contribution in [0.15, 0.2) is 36.4 Å². The first-order valence-electron chi connectivity index (χ1n) is 8.77. The smallest absolute Gasteiger partial charge is 0.161 e. The van der Waals surface area contributed by atoms with E-state index in [4.69, 9.17) is 19.9 Å². The maximum absolute atomic E-state index is 6.06. The van der Waals surface area contributed by atoms with Gasteiger partial charge >= 0.3 is 0 Å². The lowest BCUT2D eigenvalue weighted by Crippen LogP contribution is -2.15. The second kappa shape index (κ2) is 9.33. The van der Waals surface area contributed by atoms with Crippen molar-refractivity contribution < 1.29 is 14.2 Å². The molecule has 0 saturated heterocycles. The minimum absolute atomic E-state index is 0.247. The Morgan fingerprint density at radius 3 is 2.28 bits per heavy atom. The molecule has 0 aromatic heterocycles. The normalized spacial score (nSPS) is 11.9. The van der Waals surface area contributed by atoms with Crippen LogP contribution in [-0.4, -0.2) is 27.4 Å². The fraction of sp³-hybridized carbons (Fsp3) is 0.429. The molecule has 0 fully saturated rings. The predicted molar refractivity (Wildman–Crippen MR) is 102 cm³/mol. The molecule has 25 heavy (non-hydrogen) atoms. The highest BCUT2D eigenvalue weighted by Gasteiger charge is 2.14. The molecule has 2 aromatic carbocycles. The maximum Gasteiger partial charge on any atom is 0.161 e. The predicted octanol–water partition coefficient (Wildman–Crippen LogP) is 4.09. The number of rotatable bonds is 9. The van der Waals surface area contributed by atoms with Gasteiger partial charge in [0.2, 0.25) is 0 Å². The number of hydrogen-bond acceptors (Lipinski definition) is 4. The summed E-state index contributed by atoms with van der Waals surface area (Å²) in [5, 5.41) is 0. The van der Waals surface area contributed by atoms with Crippen LogP contribution in [0.1, 0.15) is 36.0 Å². The molecule has 0 bridgehead atoms. The molecule has 1 unspecified atom stereocenters. The molecule has 0 saturated carbocycles. The Morgan fingerprint density at radius 2 is 1.68 bits per heavy atom. The lowest BCUT2D eigenvalue weighted by atomic mass is 9.91. The summed E-state index contributed by atoms with van der Waals surface area (Å²) in [5.41, 5.74) is 9.61. The molecule has 4 heteroatoms. The monoisotopic (exact) mass is 343 g/mol. The van der Waals surface area contributed by atoms with Crippen molar-refractivity contribution in [3.8, 4) is 17.2 Å². The van der Waals surface area contributed by atoms with Crippen LogP contribution in [0, 0.1) is 6.92 Å². The van der Waals surface area contributed by atoms with Gasteiger partial charge in [-0.15, -0.1) is 0 Å². The van der Waals surface area contributed by atoms with Gasteiger partial charge in [-0.05, 0) is 61.2 Å². The number of benzene rings is 2. The minimum Gasteiger partial charge on any atom is -0.496 e. The average Bonchev–Trinajstić information content (AvgIpc) is 2.64. The van der Waals surface area contributed by atoms with Crippen molar-refractivity contribution >= 4 is 0 Å². The average molecular weight is 343 g/mol. The molecule has 2 aromatic rings. The standard InChI is InChI=1S/C21H29NO3/c1-5-10-25-21-13-16(6-8-20(21)24-4)12-18(14-22)17-7-9-19(23-3)15(2)11-17/h6-9,11,13,18H,5,10,12,14,22H2,1-4H3. The van der Waals surface area contributed by atoms with Gasteiger partial charge in [0.25, 0.3) is 0 Å². The fourth-order valence-corrected chi connectivity index (χ4v) is 2.95. The van der Waals surface area contributed by atoms with Gasteiger partial charge in [-0.3, -0.25) is 0 Å². The number of ether oxygens (including phenoxy) is 3. The highest BCUT2D eigenvalue weighted by Crippen LogP contribution is 2.31. The lowest BCUT2D eigenvalue weighted by Gasteiger charge is -2.18. The molecule has 0 radical (unpaired) electrons. The van der Waals surface area contributed by atoms with E-state index < -0.39 is 0 Å². The zero-order chi connectivity index (χ0) is 18.2. The van der Waals surface area contributed by atoms with Crippen LogP contribution in [0.25, 0.3) is 0 Å². The summed E-state index contributed by atoms with van der Waals surface area (Å²) in [6.45, 7) is 5.41. The molecule has 0 heterocycles. The van der Waals surface area contributed by atoms with Gasteiger partial charge in [0.05, 0.1) is 20.8 Å². The minimum atomic E-state index is 0.247. The van der Waals surface area contributed by atoms with Crippen LogP contribution in [0.4, 0.5) is 0 Å². The van der Waals surface area contributed by atoms with E-state index in [9.17, 15) is 0 Å². The first kappa shape index (κ1) is 19.1. The molecule has 0 aliphatic heterocycles. The zero-order valence-corrected chi connectivity index (χ0v) is 15.7. The van der Waals surface area contributed by atoms with Crippen LogP contribution >= 0.6 is 0 Å². The third-order valence-corrected chi connectivity index (χ3v) is 4.35. The van der Waals surface area contributed by atoms with Gasteiger partial charge in [0.1, 0.15) is 5.75 Å². The van der Waals surface area contributed by atoms with Crippen LogP contribution in [-0.2, 0) is 6.42 Å². The summed E-state index contributed by atoms with van der Waals surface area (Å²) in [6.07, 6.45) is 1.82. The van der Waals surface area contributed by atoms with Crippen molar-refractivity contribution in [1.29, 1.82) is 0 Å². The number of nitrogens with two attached hydrogens (primary N) is 1. The zero-order valence-electron chi connectivity index (χ0n) is 15.7. The van der Waals surface area contributed by atoms with Gasteiger partial charge in [0, 0.05) is 5.92 Å². The highest BCUT2D eigenvalue weighted by molar-refractivity contribution is 5.44. The van der Waals surface area contributed by atoms with Gasteiger partial charge < -0.3 is 19.9 Å². The fourth-order valence-electron chi connectivity index (χ4n) is 2.95. The quantitative estimate of drug-likeness (QED) is 0.745. The van der Waals surface area contributed by atoms with E-state index in [1.54, 1.807) is 14.2 Å². The summed E-state index contributed by atoms with van der Waals surface area (Å²) in [4.78, 5) is 0. The van der Waals surface area contributed by atoms with E-state index in [0.29, 0.717) is 13.2 Å². The molecule has 0 amide bonds. The maximum atomic E-state index is 6.06. The molecule has 2 N–H and O–H groups in total. The van der Waals surface area contributed by atoms with Crippen LogP contribution in [0.3, 0.4) is 0 Å². The molecule has 136 valence electrons. The molecule has 2 rings (SSSR count). The van der Waals surface area contributed by atoms with Crippen molar-refractivity contribution in [2.45, 2.75) is 32.6 Å². The molecule has 1 atom stereocenters. The largest absolute Gasteiger partial charge is 0.496 e. The topological polar surface area (TPSA) is 53.7 Å². The Labute approximate surface area is 150 Å². The summed E-state index contributed by atoms with van der Waals surface area (Å²) in [5.74, 6) is 2.71. The molecule has 0 aliphatic rings. The van der Waals surface area contributed by atoms with E-state index in [1.807, 2.05) is 12.1 Å². The second-order valence-corrected chi connectivity index (χ2v) is 6.20. The van der Waals surface area contributed by atoms with Crippen molar-refractivity contribution in [3.05, 3.63) is 53.1 Å².